The van der Waals surface area contributed by atoms with Crippen LogP contribution in [0.1, 0.15) is 0 Å². The van der Waals surface area contributed by atoms with Gasteiger partial charge < -0.3 is 0 Å². The number of allylic oxidation sites excluding steroid dienone is 5. The van der Waals surface area contributed by atoms with E-state index in [1.807, 2.05) is 6.07 Å². The number of hydrogen-bond acceptors (Lipinski definition) is 1. The monoisotopic (exact) mass is 132 g/mol. The molecule has 0 bridgehead atoms. The predicted octanol–water partition coefficient (Wildman–Crippen LogP) is 1.11. The fraction of sp³-hybridized carbons (Fsp3) is 0. The van der Waals surface area contributed by atoms with E-state index in [1.165, 1.54) is 12.2 Å². The quantitative estimate of drug-likeness (QED) is 0.359. The first-order chi connectivity index (χ1) is 4.74. The summed E-state index contributed by atoms with van der Waals surface area (Å²) >= 11 is 0. The van der Waals surface area contributed by atoms with Crippen LogP contribution in [0.5, 0.6) is 0 Å². The molecular weight excluding hydrogens is 126 g/mol. The standard InChI is InChI=1S/C8H5NO/c1-6-4-7(5-9)2-3-8(6)10/h2-4H,1H2/p+1. The average Bonchev–Trinajstić information content (AvgIpc) is 1.95. The minimum atomic E-state index is 0.124. The van der Waals surface area contributed by atoms with Gasteiger partial charge in [0.25, 0.3) is 0 Å². The first kappa shape index (κ1) is 6.50. The topological polar surface area (TPSA) is 45.2 Å². The fourth-order valence-electron chi connectivity index (χ4n) is 0.655. The molecule has 2 heteroatoms. The molecule has 1 rings (SSSR count). The Balaban J connectivity index is 3.00. The molecule has 0 unspecified atom stereocenters. The molecule has 48 valence electrons. The summed E-state index contributed by atoms with van der Waals surface area (Å²) in [5.74, 6) is 0.124. The second-order valence-corrected chi connectivity index (χ2v) is 1.96. The normalized spacial score (nSPS) is 16.5. The van der Waals surface area contributed by atoms with Crippen molar-refractivity contribution in [1.29, 1.82) is 5.26 Å². The van der Waals surface area contributed by atoms with Crippen LogP contribution in [0.15, 0.2) is 36.0 Å². The summed E-state index contributed by atoms with van der Waals surface area (Å²) in [5.41, 5.74) is 1.00. The molecule has 0 saturated heterocycles. The van der Waals surface area contributed by atoms with Gasteiger partial charge in [-0.3, -0.25) is 4.79 Å². The van der Waals surface area contributed by atoms with Crippen LogP contribution in [-0.2, 0) is 0 Å². The number of nitriles is 1. The second-order valence-electron chi connectivity index (χ2n) is 1.96. The molecule has 0 aliphatic heterocycles. The van der Waals surface area contributed by atoms with Crippen molar-refractivity contribution in [3.8, 4) is 6.07 Å². The zero-order valence-corrected chi connectivity index (χ0v) is 5.33. The highest BCUT2D eigenvalue weighted by atomic mass is 16.1. The molecule has 1 aliphatic rings. The van der Waals surface area contributed by atoms with Crippen LogP contribution in [0.2, 0.25) is 0 Å². The van der Waals surface area contributed by atoms with E-state index in [2.05, 4.69) is 6.58 Å². The fourth-order valence-corrected chi connectivity index (χ4v) is 0.655. The first-order valence-electron chi connectivity index (χ1n) is 2.79. The Morgan fingerprint density at radius 2 is 2.20 bits per heavy atom. The molecule has 0 heterocycles. The SMILES string of the molecule is C=C1C=C(C#N)C=CC1=[OH+]. The van der Waals surface area contributed by atoms with Crippen LogP contribution < -0.4 is 0 Å². The molecule has 0 amide bonds. The predicted molar refractivity (Wildman–Crippen MR) is 38.9 cm³/mol. The summed E-state index contributed by atoms with van der Waals surface area (Å²) in [6.07, 6.45) is 4.54. The second kappa shape index (κ2) is 2.32. The van der Waals surface area contributed by atoms with E-state index >= 15 is 0 Å². The third kappa shape index (κ3) is 1.03. The van der Waals surface area contributed by atoms with Crippen LogP contribution in [0.25, 0.3) is 0 Å². The Morgan fingerprint density at radius 1 is 1.50 bits per heavy atom. The lowest BCUT2D eigenvalue weighted by Gasteiger charge is -1.94. The van der Waals surface area contributed by atoms with Crippen LogP contribution in [-0.4, -0.2) is 10.6 Å². The maximum atomic E-state index is 8.97. The van der Waals surface area contributed by atoms with Gasteiger partial charge >= 0.3 is 5.78 Å². The van der Waals surface area contributed by atoms with E-state index in [4.69, 9.17) is 10.1 Å². The molecule has 0 aromatic heterocycles. The Labute approximate surface area is 58.8 Å². The molecule has 0 fully saturated rings. The molecular formula is C8H6NO+. The smallest absolute Gasteiger partial charge is 0.273 e. The third-order valence-electron chi connectivity index (χ3n) is 1.21. The minimum absolute atomic E-state index is 0.124. The Hall–Kier alpha value is -1.62. The van der Waals surface area contributed by atoms with Crippen molar-refractivity contribution in [2.24, 2.45) is 0 Å². The number of hydrogen-bond donors (Lipinski definition) is 0. The summed E-state index contributed by atoms with van der Waals surface area (Å²) in [6.45, 7) is 3.53. The number of ketones is 1. The van der Waals surface area contributed by atoms with Crippen molar-refractivity contribution >= 4 is 5.78 Å². The van der Waals surface area contributed by atoms with E-state index in [0.29, 0.717) is 11.1 Å². The Morgan fingerprint density at radius 3 is 2.70 bits per heavy atom. The Bertz CT molecular complexity index is 289. The summed E-state index contributed by atoms with van der Waals surface area (Å²) in [5, 5.41) is 8.39. The molecule has 10 heavy (non-hydrogen) atoms. The summed E-state index contributed by atoms with van der Waals surface area (Å²) < 4.78 is 0. The van der Waals surface area contributed by atoms with Crippen molar-refractivity contribution in [1.82, 2.24) is 0 Å². The lowest BCUT2D eigenvalue weighted by Crippen LogP contribution is -1.99. The molecule has 0 atom stereocenters. The number of carbonyl (C=O) groups excluding carboxylic acids is 1. The van der Waals surface area contributed by atoms with Crippen LogP contribution in [0.3, 0.4) is 0 Å². The average molecular weight is 132 g/mol. The number of rotatable bonds is 0. The van der Waals surface area contributed by atoms with Gasteiger partial charge in [0.05, 0.1) is 17.2 Å². The van der Waals surface area contributed by atoms with Crippen molar-refractivity contribution in [2.75, 3.05) is 0 Å². The van der Waals surface area contributed by atoms with E-state index < -0.39 is 0 Å². The lowest BCUT2D eigenvalue weighted by atomic mass is 10.0. The van der Waals surface area contributed by atoms with Crippen molar-refractivity contribution in [2.45, 2.75) is 0 Å². The molecule has 0 aromatic rings. The highest BCUT2D eigenvalue weighted by molar-refractivity contribution is 6.08. The van der Waals surface area contributed by atoms with Gasteiger partial charge in [0.2, 0.25) is 0 Å². The molecule has 2 nitrogen and oxygen atoms in total. The van der Waals surface area contributed by atoms with E-state index in [1.54, 1.807) is 6.08 Å². The van der Waals surface area contributed by atoms with Gasteiger partial charge in [-0.2, -0.15) is 5.26 Å². The van der Waals surface area contributed by atoms with Crippen molar-refractivity contribution in [3.63, 3.8) is 0 Å². The highest BCUT2D eigenvalue weighted by Gasteiger charge is 2.12. The summed E-state index contributed by atoms with van der Waals surface area (Å²) in [6, 6.07) is 1.94. The summed E-state index contributed by atoms with van der Waals surface area (Å²) in [4.78, 5) is 8.97. The maximum absolute atomic E-state index is 8.97. The third-order valence-corrected chi connectivity index (χ3v) is 1.21. The molecule has 1 N–H and O–H groups in total. The Kier molecular flexibility index (Phi) is 1.51. The van der Waals surface area contributed by atoms with Gasteiger partial charge in [-0.15, -0.1) is 0 Å². The molecule has 1 aliphatic carbocycles. The minimum Gasteiger partial charge on any atom is -0.273 e. The molecule has 0 saturated carbocycles. The van der Waals surface area contributed by atoms with Gasteiger partial charge in [0, 0.05) is 6.08 Å². The maximum Gasteiger partial charge on any atom is 0.346 e. The van der Waals surface area contributed by atoms with Gasteiger partial charge in [-0.05, 0) is 12.2 Å². The van der Waals surface area contributed by atoms with Gasteiger partial charge in [-0.25, -0.2) is 0 Å². The van der Waals surface area contributed by atoms with E-state index in [9.17, 15) is 0 Å². The summed E-state index contributed by atoms with van der Waals surface area (Å²) in [7, 11) is 0. The van der Waals surface area contributed by atoms with Gasteiger partial charge in [0.1, 0.15) is 0 Å². The van der Waals surface area contributed by atoms with Gasteiger partial charge in [0.15, 0.2) is 0 Å². The van der Waals surface area contributed by atoms with E-state index in [-0.39, 0.29) is 5.78 Å². The van der Waals surface area contributed by atoms with E-state index in [0.717, 1.165) is 0 Å². The molecule has 0 radical (unpaired) electrons. The first-order valence-corrected chi connectivity index (χ1v) is 2.79. The molecule has 0 aromatic carbocycles. The lowest BCUT2D eigenvalue weighted by molar-refractivity contribution is 0.681. The van der Waals surface area contributed by atoms with Crippen LogP contribution in [0, 0.1) is 11.3 Å². The van der Waals surface area contributed by atoms with Crippen molar-refractivity contribution in [3.05, 3.63) is 36.0 Å². The number of nitrogens with zero attached hydrogens (tertiary/aromatic N) is 1. The van der Waals surface area contributed by atoms with Crippen LogP contribution in [0.4, 0.5) is 0 Å². The molecule has 0 spiro atoms. The zero-order chi connectivity index (χ0) is 7.56. The zero-order valence-electron chi connectivity index (χ0n) is 5.33. The van der Waals surface area contributed by atoms with Gasteiger partial charge in [-0.1, -0.05) is 6.58 Å². The van der Waals surface area contributed by atoms with Crippen LogP contribution >= 0.6 is 0 Å². The highest BCUT2D eigenvalue weighted by Crippen LogP contribution is 2.09. The largest absolute Gasteiger partial charge is 0.346 e. The van der Waals surface area contributed by atoms with Crippen molar-refractivity contribution < 1.29 is 4.79 Å².